The van der Waals surface area contributed by atoms with E-state index in [9.17, 15) is 9.18 Å². The van der Waals surface area contributed by atoms with Gasteiger partial charge >= 0.3 is 0 Å². The van der Waals surface area contributed by atoms with E-state index in [1.54, 1.807) is 12.1 Å². The second-order valence-corrected chi connectivity index (χ2v) is 7.71. The van der Waals surface area contributed by atoms with Crippen LogP contribution >= 0.6 is 0 Å². The highest BCUT2D eigenvalue weighted by molar-refractivity contribution is 6.03. The summed E-state index contributed by atoms with van der Waals surface area (Å²) < 4.78 is 13.2. The van der Waals surface area contributed by atoms with Crippen molar-refractivity contribution in [3.63, 3.8) is 0 Å². The van der Waals surface area contributed by atoms with Gasteiger partial charge in [-0.25, -0.2) is 9.37 Å². The Labute approximate surface area is 169 Å². The van der Waals surface area contributed by atoms with Gasteiger partial charge in [-0.15, -0.1) is 0 Å². The average Bonchev–Trinajstić information content (AvgIpc) is 2.66. The summed E-state index contributed by atoms with van der Waals surface area (Å²) in [6.45, 7) is 6.15. The number of carbonyl (C=O) groups excluding carboxylic acids is 1. The molecule has 2 N–H and O–H groups in total. The van der Waals surface area contributed by atoms with Crippen LogP contribution in [0.4, 0.5) is 27.5 Å². The van der Waals surface area contributed by atoms with Crippen LogP contribution in [0.5, 0.6) is 0 Å². The highest BCUT2D eigenvalue weighted by atomic mass is 19.1. The number of carbonyl (C=O) groups is 1. The Balaban J connectivity index is 1.74. The van der Waals surface area contributed by atoms with Crippen molar-refractivity contribution in [2.24, 2.45) is 5.92 Å². The largest absolute Gasteiger partial charge is 0.339 e. The van der Waals surface area contributed by atoms with Gasteiger partial charge < -0.3 is 10.6 Å². The van der Waals surface area contributed by atoms with Gasteiger partial charge in [0.15, 0.2) is 5.78 Å². The van der Waals surface area contributed by atoms with Crippen molar-refractivity contribution in [1.82, 2.24) is 9.97 Å². The predicted octanol–water partition coefficient (Wildman–Crippen LogP) is 5.48. The van der Waals surface area contributed by atoms with E-state index in [2.05, 4.69) is 27.5 Å². The standard InChI is InChI=1S/C23H23FN4O/c1-13-10-19-21(20(29)11-13)22(25-18-7-4-14(2)15(3)12-18)28-23(27-19)26-17-8-5-16(24)6-9-17/h4-9,12-13H,10-11H2,1-3H3,(H2,25,26,27,28). The van der Waals surface area contributed by atoms with Crippen LogP contribution in [0.1, 0.15) is 40.5 Å². The van der Waals surface area contributed by atoms with Gasteiger partial charge in [0, 0.05) is 17.8 Å². The summed E-state index contributed by atoms with van der Waals surface area (Å²) in [5.74, 6) is 0.859. The molecule has 0 fully saturated rings. The third kappa shape index (κ3) is 4.11. The molecule has 0 saturated heterocycles. The van der Waals surface area contributed by atoms with Gasteiger partial charge in [0.1, 0.15) is 11.6 Å². The second-order valence-electron chi connectivity index (χ2n) is 7.71. The van der Waals surface area contributed by atoms with Crippen molar-refractivity contribution in [3.05, 3.63) is 70.7 Å². The number of hydrogen-bond donors (Lipinski definition) is 2. The lowest BCUT2D eigenvalue weighted by Crippen LogP contribution is -2.22. The highest BCUT2D eigenvalue weighted by Gasteiger charge is 2.28. The van der Waals surface area contributed by atoms with Gasteiger partial charge in [-0.3, -0.25) is 4.79 Å². The van der Waals surface area contributed by atoms with Crippen molar-refractivity contribution >= 4 is 28.9 Å². The molecule has 29 heavy (non-hydrogen) atoms. The quantitative estimate of drug-likeness (QED) is 0.617. The predicted molar refractivity (Wildman–Crippen MR) is 113 cm³/mol. The Morgan fingerprint density at radius 2 is 1.66 bits per heavy atom. The number of anilines is 4. The molecule has 3 aromatic rings. The Kier molecular flexibility index (Phi) is 5.01. The maximum absolute atomic E-state index is 13.2. The topological polar surface area (TPSA) is 66.9 Å². The number of rotatable bonds is 4. The molecule has 0 amide bonds. The zero-order chi connectivity index (χ0) is 20.5. The first-order valence-electron chi connectivity index (χ1n) is 9.70. The Bertz CT molecular complexity index is 1080. The summed E-state index contributed by atoms with van der Waals surface area (Å²) in [7, 11) is 0. The number of Topliss-reactive ketones (excluding diaryl/α,β-unsaturated/α-hetero) is 1. The molecule has 1 unspecified atom stereocenters. The van der Waals surface area contributed by atoms with Crippen molar-refractivity contribution in [2.75, 3.05) is 10.6 Å². The number of fused-ring (bicyclic) bond motifs is 1. The van der Waals surface area contributed by atoms with E-state index < -0.39 is 0 Å². The van der Waals surface area contributed by atoms with Crippen LogP contribution in [-0.2, 0) is 6.42 Å². The van der Waals surface area contributed by atoms with Crippen LogP contribution in [0.2, 0.25) is 0 Å². The van der Waals surface area contributed by atoms with E-state index in [0.717, 1.165) is 16.9 Å². The number of benzene rings is 2. The fourth-order valence-corrected chi connectivity index (χ4v) is 3.53. The molecule has 0 saturated carbocycles. The first-order chi connectivity index (χ1) is 13.9. The maximum Gasteiger partial charge on any atom is 0.229 e. The number of nitrogens with zero attached hydrogens (tertiary/aromatic N) is 2. The molecule has 0 bridgehead atoms. The van der Waals surface area contributed by atoms with Gasteiger partial charge in [-0.1, -0.05) is 13.0 Å². The molecule has 1 heterocycles. The fourth-order valence-electron chi connectivity index (χ4n) is 3.53. The Morgan fingerprint density at radius 3 is 2.38 bits per heavy atom. The van der Waals surface area contributed by atoms with E-state index in [4.69, 9.17) is 0 Å². The molecule has 0 aliphatic heterocycles. The van der Waals surface area contributed by atoms with E-state index in [1.165, 1.54) is 17.7 Å². The van der Waals surface area contributed by atoms with E-state index in [1.807, 2.05) is 32.0 Å². The van der Waals surface area contributed by atoms with Crippen molar-refractivity contribution in [3.8, 4) is 0 Å². The zero-order valence-corrected chi connectivity index (χ0v) is 16.7. The highest BCUT2D eigenvalue weighted by Crippen LogP contribution is 2.32. The first kappa shape index (κ1) is 19.1. The molecule has 1 aromatic heterocycles. The van der Waals surface area contributed by atoms with Gasteiger partial charge in [0.25, 0.3) is 0 Å². The molecule has 0 spiro atoms. The number of nitrogens with one attached hydrogen (secondary N) is 2. The SMILES string of the molecule is Cc1ccc(Nc2nc(Nc3ccc(F)cc3)nc3c2C(=O)CC(C)C3)cc1C. The molecule has 1 atom stereocenters. The number of ketones is 1. The third-order valence-corrected chi connectivity index (χ3v) is 5.21. The molecular formula is C23H23FN4O. The molecule has 6 heteroatoms. The summed E-state index contributed by atoms with van der Waals surface area (Å²) in [5, 5.41) is 6.43. The lowest BCUT2D eigenvalue weighted by Gasteiger charge is -2.23. The van der Waals surface area contributed by atoms with Gasteiger partial charge in [0.2, 0.25) is 5.95 Å². The summed E-state index contributed by atoms with van der Waals surface area (Å²) in [4.78, 5) is 21.9. The molecule has 2 aromatic carbocycles. The van der Waals surface area contributed by atoms with Crippen LogP contribution in [0.3, 0.4) is 0 Å². The monoisotopic (exact) mass is 390 g/mol. The van der Waals surface area contributed by atoms with Crippen molar-refractivity contribution in [1.29, 1.82) is 0 Å². The minimum atomic E-state index is -0.307. The number of halogens is 1. The number of aryl methyl sites for hydroxylation is 2. The summed E-state index contributed by atoms with van der Waals surface area (Å²) in [6.07, 6.45) is 1.20. The third-order valence-electron chi connectivity index (χ3n) is 5.21. The second kappa shape index (κ2) is 7.62. The molecule has 1 aliphatic carbocycles. The molecule has 0 radical (unpaired) electrons. The lowest BCUT2D eigenvalue weighted by atomic mass is 9.87. The number of hydrogen-bond acceptors (Lipinski definition) is 5. The number of aromatic nitrogens is 2. The molecule has 5 nitrogen and oxygen atoms in total. The minimum Gasteiger partial charge on any atom is -0.339 e. The minimum absolute atomic E-state index is 0.0541. The zero-order valence-electron chi connectivity index (χ0n) is 16.7. The van der Waals surface area contributed by atoms with Crippen molar-refractivity contribution in [2.45, 2.75) is 33.6 Å². The van der Waals surface area contributed by atoms with Crippen LogP contribution < -0.4 is 10.6 Å². The molecule has 4 rings (SSSR count). The van der Waals surface area contributed by atoms with Gasteiger partial charge in [0.05, 0.1) is 11.3 Å². The maximum atomic E-state index is 13.2. The smallest absolute Gasteiger partial charge is 0.229 e. The summed E-state index contributed by atoms with van der Waals surface area (Å²) >= 11 is 0. The van der Waals surface area contributed by atoms with E-state index in [0.29, 0.717) is 35.9 Å². The van der Waals surface area contributed by atoms with Crippen LogP contribution in [-0.4, -0.2) is 15.8 Å². The first-order valence-corrected chi connectivity index (χ1v) is 9.70. The van der Waals surface area contributed by atoms with Gasteiger partial charge in [-0.05, 0) is 73.7 Å². The Morgan fingerprint density at radius 1 is 0.931 bits per heavy atom. The van der Waals surface area contributed by atoms with Crippen molar-refractivity contribution < 1.29 is 9.18 Å². The average molecular weight is 390 g/mol. The summed E-state index contributed by atoms with van der Waals surface area (Å²) in [5.41, 5.74) is 5.20. The molecule has 148 valence electrons. The van der Waals surface area contributed by atoms with E-state index >= 15 is 0 Å². The normalized spacial score (nSPS) is 15.7. The molecular weight excluding hydrogens is 367 g/mol. The molecule has 1 aliphatic rings. The lowest BCUT2D eigenvalue weighted by molar-refractivity contribution is 0.0953. The fraction of sp³-hybridized carbons (Fsp3) is 0.261. The summed E-state index contributed by atoms with van der Waals surface area (Å²) in [6, 6.07) is 12.0. The van der Waals surface area contributed by atoms with E-state index in [-0.39, 0.29) is 17.5 Å². The Hall–Kier alpha value is -3.28. The van der Waals surface area contributed by atoms with Crippen LogP contribution in [0.25, 0.3) is 0 Å². The van der Waals surface area contributed by atoms with Gasteiger partial charge in [-0.2, -0.15) is 4.98 Å². The van der Waals surface area contributed by atoms with Crippen LogP contribution in [0, 0.1) is 25.6 Å². The van der Waals surface area contributed by atoms with Crippen LogP contribution in [0.15, 0.2) is 42.5 Å².